The Morgan fingerprint density at radius 1 is 1.03 bits per heavy atom. The van der Waals surface area contributed by atoms with Crippen LogP contribution in [0.3, 0.4) is 0 Å². The van der Waals surface area contributed by atoms with Gasteiger partial charge in [0.05, 0.1) is 22.5 Å². The maximum absolute atomic E-state index is 6.68. The number of aromatic nitrogens is 3. The molecule has 1 saturated carbocycles. The normalized spacial score (nSPS) is 18.1. The first-order chi connectivity index (χ1) is 14.9. The summed E-state index contributed by atoms with van der Waals surface area (Å²) in [6.45, 7) is 9.43. The van der Waals surface area contributed by atoms with Gasteiger partial charge in [-0.25, -0.2) is 9.97 Å². The molecule has 3 aromatic rings. The van der Waals surface area contributed by atoms with Gasteiger partial charge in [0.2, 0.25) is 5.95 Å². The molecule has 31 heavy (non-hydrogen) atoms. The highest BCUT2D eigenvalue weighted by molar-refractivity contribution is 6.33. The Morgan fingerprint density at radius 3 is 2.58 bits per heavy atom. The average Bonchev–Trinajstić information content (AvgIpc) is 3.54. The van der Waals surface area contributed by atoms with Crippen molar-refractivity contribution in [3.8, 4) is 11.3 Å². The molecule has 1 N–H and O–H groups in total. The lowest BCUT2D eigenvalue weighted by molar-refractivity contribution is 0.607. The molecule has 1 aliphatic carbocycles. The largest absolute Gasteiger partial charge is 0.364 e. The van der Waals surface area contributed by atoms with Gasteiger partial charge < -0.3 is 10.2 Å². The molecule has 2 aromatic heterocycles. The van der Waals surface area contributed by atoms with Gasteiger partial charge in [0.25, 0.3) is 0 Å². The second-order valence-electron chi connectivity index (χ2n) is 8.93. The van der Waals surface area contributed by atoms with Crippen molar-refractivity contribution in [3.63, 3.8) is 0 Å². The first kappa shape index (κ1) is 20.3. The van der Waals surface area contributed by atoms with Crippen molar-refractivity contribution in [2.45, 2.75) is 59.0 Å². The maximum Gasteiger partial charge on any atom is 0.223 e. The molecule has 0 amide bonds. The van der Waals surface area contributed by atoms with E-state index in [1.807, 2.05) is 12.4 Å². The molecular weight excluding hydrogens is 406 g/mol. The minimum atomic E-state index is 0.193. The summed E-state index contributed by atoms with van der Waals surface area (Å²) in [4.78, 5) is 16.5. The quantitative estimate of drug-likeness (QED) is 0.562. The molecule has 160 valence electrons. The standard InChI is InChI=1S/C25H28ClN5/c1-14-9-16(3)24(27-12-14)19-11-23(15(2)10-21(19)26)31-8-7-22-20(17(31)4)13-28-25(30-22)29-18-5-6-18/h9-13,17-18H,5-8H2,1-4H3,(H,28,29,30). The van der Waals surface area contributed by atoms with Crippen molar-refractivity contribution in [1.82, 2.24) is 15.0 Å². The van der Waals surface area contributed by atoms with Gasteiger partial charge in [0.15, 0.2) is 0 Å². The molecule has 1 aliphatic heterocycles. The highest BCUT2D eigenvalue weighted by Gasteiger charge is 2.29. The van der Waals surface area contributed by atoms with Gasteiger partial charge in [-0.05, 0) is 69.4 Å². The van der Waals surface area contributed by atoms with Crippen molar-refractivity contribution < 1.29 is 0 Å². The number of hydrogen-bond acceptors (Lipinski definition) is 5. The number of aryl methyl sites for hydroxylation is 3. The van der Waals surface area contributed by atoms with E-state index in [9.17, 15) is 0 Å². The fourth-order valence-electron chi connectivity index (χ4n) is 4.52. The predicted octanol–water partition coefficient (Wildman–Crippen LogP) is 5.82. The third kappa shape index (κ3) is 3.87. The van der Waals surface area contributed by atoms with E-state index < -0.39 is 0 Å². The number of hydrogen-bond donors (Lipinski definition) is 1. The molecular formula is C25H28ClN5. The van der Waals surface area contributed by atoms with E-state index in [1.165, 1.54) is 29.7 Å². The number of halogens is 1. The fourth-order valence-corrected chi connectivity index (χ4v) is 4.83. The van der Waals surface area contributed by atoms with Crippen LogP contribution >= 0.6 is 11.6 Å². The van der Waals surface area contributed by atoms with Crippen LogP contribution < -0.4 is 10.2 Å². The van der Waals surface area contributed by atoms with Crippen LogP contribution in [0.15, 0.2) is 30.6 Å². The third-order valence-electron chi connectivity index (χ3n) is 6.38. The van der Waals surface area contributed by atoms with Crippen molar-refractivity contribution in [2.24, 2.45) is 0 Å². The average molecular weight is 434 g/mol. The van der Waals surface area contributed by atoms with Gasteiger partial charge in [0.1, 0.15) is 0 Å². The second-order valence-corrected chi connectivity index (χ2v) is 9.34. The lowest BCUT2D eigenvalue weighted by Gasteiger charge is -2.37. The van der Waals surface area contributed by atoms with Crippen LogP contribution in [0.4, 0.5) is 11.6 Å². The monoisotopic (exact) mass is 433 g/mol. The molecule has 6 heteroatoms. The zero-order valence-corrected chi connectivity index (χ0v) is 19.3. The smallest absolute Gasteiger partial charge is 0.223 e. The fraction of sp³-hybridized carbons (Fsp3) is 0.400. The molecule has 5 rings (SSSR count). The van der Waals surface area contributed by atoms with E-state index in [0.29, 0.717) is 6.04 Å². The molecule has 5 nitrogen and oxygen atoms in total. The summed E-state index contributed by atoms with van der Waals surface area (Å²) in [5.74, 6) is 0.771. The zero-order valence-electron chi connectivity index (χ0n) is 18.5. The van der Waals surface area contributed by atoms with Crippen LogP contribution in [0.2, 0.25) is 5.02 Å². The molecule has 2 aliphatic rings. The van der Waals surface area contributed by atoms with Crippen molar-refractivity contribution in [1.29, 1.82) is 0 Å². The van der Waals surface area contributed by atoms with Crippen molar-refractivity contribution in [2.75, 3.05) is 16.8 Å². The van der Waals surface area contributed by atoms with Gasteiger partial charge in [-0.15, -0.1) is 0 Å². The number of benzene rings is 1. The van der Waals surface area contributed by atoms with E-state index in [1.54, 1.807) is 0 Å². The van der Waals surface area contributed by atoms with Gasteiger partial charge in [-0.2, -0.15) is 0 Å². The van der Waals surface area contributed by atoms with Crippen LogP contribution in [-0.4, -0.2) is 27.5 Å². The Kier molecular flexibility index (Phi) is 5.09. The SMILES string of the molecule is Cc1cnc(-c2cc(N3CCc4nc(NC5CC5)ncc4C3C)c(C)cc2Cl)c(C)c1. The molecule has 0 saturated heterocycles. The van der Waals surface area contributed by atoms with Crippen LogP contribution in [0.1, 0.15) is 53.8 Å². The van der Waals surface area contributed by atoms with Gasteiger partial charge in [-0.1, -0.05) is 17.7 Å². The number of nitrogens with zero attached hydrogens (tertiary/aromatic N) is 4. The molecule has 1 unspecified atom stereocenters. The minimum absolute atomic E-state index is 0.193. The molecule has 0 spiro atoms. The first-order valence-electron chi connectivity index (χ1n) is 11.0. The van der Waals surface area contributed by atoms with E-state index in [-0.39, 0.29) is 6.04 Å². The molecule has 1 fully saturated rings. The number of rotatable bonds is 4. The number of nitrogens with one attached hydrogen (secondary N) is 1. The van der Waals surface area contributed by atoms with Crippen LogP contribution in [0.25, 0.3) is 11.3 Å². The van der Waals surface area contributed by atoms with Gasteiger partial charge in [-0.3, -0.25) is 4.98 Å². The summed E-state index contributed by atoms with van der Waals surface area (Å²) in [5, 5.41) is 4.16. The molecule has 0 bridgehead atoms. The number of anilines is 2. The summed E-state index contributed by atoms with van der Waals surface area (Å²) in [7, 11) is 0. The number of fused-ring (bicyclic) bond motifs is 1. The van der Waals surface area contributed by atoms with Crippen LogP contribution in [0, 0.1) is 20.8 Å². The lowest BCUT2D eigenvalue weighted by Crippen LogP contribution is -2.35. The summed E-state index contributed by atoms with van der Waals surface area (Å²) in [5.41, 5.74) is 8.94. The van der Waals surface area contributed by atoms with Crippen molar-refractivity contribution >= 4 is 23.2 Å². The molecule has 3 heterocycles. The van der Waals surface area contributed by atoms with E-state index in [4.69, 9.17) is 16.6 Å². The Hall–Kier alpha value is -2.66. The lowest BCUT2D eigenvalue weighted by atomic mass is 9.96. The van der Waals surface area contributed by atoms with Crippen LogP contribution in [0.5, 0.6) is 0 Å². The predicted molar refractivity (Wildman–Crippen MR) is 127 cm³/mol. The van der Waals surface area contributed by atoms with Crippen molar-refractivity contribution in [3.05, 3.63) is 63.6 Å². The summed E-state index contributed by atoms with van der Waals surface area (Å²) < 4.78 is 0. The topological polar surface area (TPSA) is 53.9 Å². The second kappa shape index (κ2) is 7.79. The first-order valence-corrected chi connectivity index (χ1v) is 11.4. The maximum atomic E-state index is 6.68. The summed E-state index contributed by atoms with van der Waals surface area (Å²) in [6, 6.07) is 7.17. The Balaban J connectivity index is 1.50. The van der Waals surface area contributed by atoms with Gasteiger partial charge in [0, 0.05) is 48.2 Å². The zero-order chi connectivity index (χ0) is 21.7. The minimum Gasteiger partial charge on any atom is -0.364 e. The Morgan fingerprint density at radius 2 is 1.84 bits per heavy atom. The summed E-state index contributed by atoms with van der Waals surface area (Å²) >= 11 is 6.68. The summed E-state index contributed by atoms with van der Waals surface area (Å²) in [6.07, 6.45) is 7.25. The molecule has 0 radical (unpaired) electrons. The van der Waals surface area contributed by atoms with E-state index >= 15 is 0 Å². The van der Waals surface area contributed by atoms with E-state index in [0.717, 1.165) is 52.0 Å². The van der Waals surface area contributed by atoms with Gasteiger partial charge >= 0.3 is 0 Å². The number of pyridine rings is 1. The highest BCUT2D eigenvalue weighted by atomic mass is 35.5. The van der Waals surface area contributed by atoms with Crippen LogP contribution in [-0.2, 0) is 6.42 Å². The highest BCUT2D eigenvalue weighted by Crippen LogP contribution is 2.40. The molecule has 1 atom stereocenters. The third-order valence-corrected chi connectivity index (χ3v) is 6.70. The Bertz CT molecular complexity index is 1150. The molecule has 1 aromatic carbocycles. The Labute approximate surface area is 188 Å². The van der Waals surface area contributed by atoms with E-state index in [2.05, 4.69) is 66.1 Å².